The second kappa shape index (κ2) is 12.8. The van der Waals surface area contributed by atoms with Crippen molar-refractivity contribution in [1.82, 2.24) is 14.8 Å². The van der Waals surface area contributed by atoms with Crippen molar-refractivity contribution in [1.29, 1.82) is 0 Å². The van der Waals surface area contributed by atoms with Crippen LogP contribution in [0.15, 0.2) is 64.6 Å². The summed E-state index contributed by atoms with van der Waals surface area (Å²) in [6, 6.07) is 15.9. The SMILES string of the molecule is CCOC(=O)c1c(NC(=O)CSc2nnc(CS(=O)(=O)c3ccc(C)cc3)n2-c2ccccc2)sc2c1CCC(C)C2. The first kappa shape index (κ1) is 30.0. The summed E-state index contributed by atoms with van der Waals surface area (Å²) < 4.78 is 33.4. The average molecular weight is 625 g/mol. The largest absolute Gasteiger partial charge is 0.462 e. The molecule has 0 fully saturated rings. The minimum Gasteiger partial charge on any atom is -0.462 e. The molecule has 0 aliphatic heterocycles. The van der Waals surface area contributed by atoms with Crippen LogP contribution >= 0.6 is 23.1 Å². The number of ether oxygens (including phenoxy) is 1. The first-order chi connectivity index (χ1) is 20.2. The molecule has 42 heavy (non-hydrogen) atoms. The van der Waals surface area contributed by atoms with E-state index in [1.807, 2.05) is 37.3 Å². The lowest BCUT2D eigenvalue weighted by atomic mass is 9.88. The van der Waals surface area contributed by atoms with Crippen LogP contribution in [0.4, 0.5) is 5.00 Å². The maximum atomic E-state index is 13.2. The Morgan fingerprint density at radius 3 is 2.57 bits per heavy atom. The van der Waals surface area contributed by atoms with Crippen LogP contribution in [0.5, 0.6) is 0 Å². The van der Waals surface area contributed by atoms with Crippen molar-refractivity contribution in [2.45, 2.75) is 55.8 Å². The summed E-state index contributed by atoms with van der Waals surface area (Å²) in [5.41, 5.74) is 3.08. The van der Waals surface area contributed by atoms with Gasteiger partial charge in [0.05, 0.1) is 22.8 Å². The van der Waals surface area contributed by atoms with Crippen LogP contribution in [0, 0.1) is 12.8 Å². The number of carbonyl (C=O) groups is 2. The number of amides is 1. The smallest absolute Gasteiger partial charge is 0.341 e. The van der Waals surface area contributed by atoms with Crippen LogP contribution in [-0.4, -0.2) is 47.4 Å². The molecule has 5 rings (SSSR count). The molecule has 220 valence electrons. The molecule has 1 aliphatic rings. The Balaban J connectivity index is 1.37. The highest BCUT2D eigenvalue weighted by molar-refractivity contribution is 7.99. The third-order valence-electron chi connectivity index (χ3n) is 6.99. The number of esters is 1. The maximum Gasteiger partial charge on any atom is 0.341 e. The number of sulfone groups is 1. The van der Waals surface area contributed by atoms with E-state index in [1.54, 1.807) is 35.8 Å². The van der Waals surface area contributed by atoms with Gasteiger partial charge in [0.1, 0.15) is 10.8 Å². The molecule has 1 aliphatic carbocycles. The molecule has 9 nitrogen and oxygen atoms in total. The van der Waals surface area contributed by atoms with Crippen molar-refractivity contribution in [2.24, 2.45) is 5.92 Å². The maximum absolute atomic E-state index is 13.2. The van der Waals surface area contributed by atoms with E-state index in [4.69, 9.17) is 4.74 Å². The van der Waals surface area contributed by atoms with Gasteiger partial charge in [-0.3, -0.25) is 9.36 Å². The topological polar surface area (TPSA) is 120 Å². The van der Waals surface area contributed by atoms with Crippen LogP contribution in [0.1, 0.15) is 52.5 Å². The normalized spacial score (nSPS) is 14.8. The van der Waals surface area contributed by atoms with Gasteiger partial charge in [-0.25, -0.2) is 13.2 Å². The molecular weight excluding hydrogens is 593 g/mol. The number of nitrogens with one attached hydrogen (secondary N) is 1. The van der Waals surface area contributed by atoms with E-state index in [2.05, 4.69) is 22.4 Å². The van der Waals surface area contributed by atoms with Gasteiger partial charge in [0.15, 0.2) is 20.8 Å². The minimum absolute atomic E-state index is 0.0170. The standard InChI is InChI=1S/C30H32N4O5S3/c1-4-39-29(36)27-23-15-12-20(3)16-24(23)41-28(27)31-26(35)17-40-30-33-32-25(34(30)21-8-6-5-7-9-21)18-42(37,38)22-13-10-19(2)11-14-22/h5-11,13-14,20H,4,12,15-18H2,1-3H3,(H,31,35). The molecule has 12 heteroatoms. The number of benzene rings is 2. The minimum atomic E-state index is -3.70. The van der Waals surface area contributed by atoms with E-state index in [0.29, 0.717) is 27.3 Å². The summed E-state index contributed by atoms with van der Waals surface area (Å²) in [6.45, 7) is 6.09. The second-order valence-electron chi connectivity index (χ2n) is 10.3. The van der Waals surface area contributed by atoms with Crippen LogP contribution in [0.3, 0.4) is 0 Å². The van der Waals surface area contributed by atoms with Gasteiger partial charge in [0.2, 0.25) is 5.91 Å². The van der Waals surface area contributed by atoms with Crippen LogP contribution in [0.25, 0.3) is 5.69 Å². The number of rotatable bonds is 10. The van der Waals surface area contributed by atoms with E-state index in [0.717, 1.165) is 47.0 Å². The lowest BCUT2D eigenvalue weighted by Crippen LogP contribution is -2.18. The molecule has 1 atom stereocenters. The van der Waals surface area contributed by atoms with Crippen molar-refractivity contribution in [2.75, 3.05) is 17.7 Å². The highest BCUT2D eigenvalue weighted by atomic mass is 32.2. The number of hydrogen-bond acceptors (Lipinski definition) is 9. The number of aryl methyl sites for hydroxylation is 1. The molecule has 0 spiro atoms. The van der Waals surface area contributed by atoms with Crippen molar-refractivity contribution in [3.05, 3.63) is 82.0 Å². The van der Waals surface area contributed by atoms with E-state index in [-0.39, 0.29) is 34.7 Å². The fourth-order valence-electron chi connectivity index (χ4n) is 4.87. The lowest BCUT2D eigenvalue weighted by Gasteiger charge is -2.18. The van der Waals surface area contributed by atoms with E-state index in [1.165, 1.54) is 11.3 Å². The predicted molar refractivity (Wildman–Crippen MR) is 164 cm³/mol. The van der Waals surface area contributed by atoms with E-state index >= 15 is 0 Å². The number of aromatic nitrogens is 3. The average Bonchev–Trinajstić information content (AvgIpc) is 3.52. The summed E-state index contributed by atoms with van der Waals surface area (Å²) in [5, 5.41) is 12.3. The molecule has 0 bridgehead atoms. The Hall–Kier alpha value is -3.48. The Labute approximate surface area is 253 Å². The molecule has 1 unspecified atom stereocenters. The number of thioether (sulfide) groups is 1. The van der Waals surface area contributed by atoms with Gasteiger partial charge in [0, 0.05) is 10.6 Å². The summed E-state index contributed by atoms with van der Waals surface area (Å²) in [5.74, 6) is -0.346. The molecule has 0 saturated heterocycles. The third-order valence-corrected chi connectivity index (χ3v) is 10.7. The van der Waals surface area contributed by atoms with Gasteiger partial charge in [-0.1, -0.05) is 54.6 Å². The summed E-state index contributed by atoms with van der Waals surface area (Å²) in [6.07, 6.45) is 2.63. The highest BCUT2D eigenvalue weighted by Crippen LogP contribution is 2.40. The Bertz CT molecular complexity index is 1700. The third kappa shape index (κ3) is 6.61. The summed E-state index contributed by atoms with van der Waals surface area (Å²) >= 11 is 2.58. The van der Waals surface area contributed by atoms with E-state index in [9.17, 15) is 18.0 Å². The molecule has 1 N–H and O–H groups in total. The monoisotopic (exact) mass is 624 g/mol. The lowest BCUT2D eigenvalue weighted by molar-refractivity contribution is -0.113. The van der Waals surface area contributed by atoms with Crippen molar-refractivity contribution >= 4 is 49.8 Å². The van der Waals surface area contributed by atoms with Gasteiger partial charge in [-0.15, -0.1) is 21.5 Å². The molecular formula is C30H32N4O5S3. The fraction of sp³-hybridized carbons (Fsp3) is 0.333. The number of para-hydroxylation sites is 1. The number of fused-ring (bicyclic) bond motifs is 1. The molecule has 2 aromatic heterocycles. The first-order valence-corrected chi connectivity index (χ1v) is 17.1. The number of nitrogens with zero attached hydrogens (tertiary/aromatic N) is 3. The zero-order chi connectivity index (χ0) is 29.9. The molecule has 2 heterocycles. The van der Waals surface area contributed by atoms with Gasteiger partial charge in [-0.2, -0.15) is 0 Å². The zero-order valence-corrected chi connectivity index (χ0v) is 26.1. The zero-order valence-electron chi connectivity index (χ0n) is 23.6. The predicted octanol–water partition coefficient (Wildman–Crippen LogP) is 5.64. The number of thiophene rings is 1. The molecule has 1 amide bonds. The quantitative estimate of drug-likeness (QED) is 0.178. The Kier molecular flexibility index (Phi) is 9.14. The highest BCUT2D eigenvalue weighted by Gasteiger charge is 2.29. The van der Waals surface area contributed by atoms with E-state index < -0.39 is 15.8 Å². The number of hydrogen-bond donors (Lipinski definition) is 1. The van der Waals surface area contributed by atoms with Gasteiger partial charge in [0.25, 0.3) is 0 Å². The number of anilines is 1. The van der Waals surface area contributed by atoms with Crippen molar-refractivity contribution in [3.63, 3.8) is 0 Å². The van der Waals surface area contributed by atoms with Gasteiger partial charge >= 0.3 is 5.97 Å². The van der Waals surface area contributed by atoms with Crippen LogP contribution in [-0.2, 0) is 38.0 Å². The molecule has 2 aromatic carbocycles. The van der Waals surface area contributed by atoms with Gasteiger partial charge < -0.3 is 10.1 Å². The molecule has 0 radical (unpaired) electrons. The Morgan fingerprint density at radius 2 is 1.86 bits per heavy atom. The fourth-order valence-corrected chi connectivity index (χ4v) is 8.30. The first-order valence-electron chi connectivity index (χ1n) is 13.7. The van der Waals surface area contributed by atoms with Crippen molar-refractivity contribution < 1.29 is 22.7 Å². The summed E-state index contributed by atoms with van der Waals surface area (Å²) in [7, 11) is -3.70. The van der Waals surface area contributed by atoms with Crippen molar-refractivity contribution in [3.8, 4) is 5.69 Å². The number of carbonyl (C=O) groups excluding carboxylic acids is 2. The molecule has 0 saturated carbocycles. The van der Waals surface area contributed by atoms with Crippen LogP contribution in [0.2, 0.25) is 0 Å². The second-order valence-corrected chi connectivity index (χ2v) is 14.3. The van der Waals surface area contributed by atoms with Crippen LogP contribution < -0.4 is 5.32 Å². The molecule has 4 aromatic rings. The summed E-state index contributed by atoms with van der Waals surface area (Å²) in [4.78, 5) is 27.3. The Morgan fingerprint density at radius 1 is 1.12 bits per heavy atom. The van der Waals surface area contributed by atoms with Gasteiger partial charge in [-0.05, 0) is 68.9 Å².